The van der Waals surface area contributed by atoms with E-state index in [4.69, 9.17) is 11.6 Å². The summed E-state index contributed by atoms with van der Waals surface area (Å²) in [4.78, 5) is -0.0210. The van der Waals surface area contributed by atoms with Crippen LogP contribution in [0.15, 0.2) is 35.2 Å². The SMILES string of the molecule is Cc1c(Cl)cccc1S(=O)(=O)Cc1c(F)cc(I)cc1F. The van der Waals surface area contributed by atoms with Crippen LogP contribution in [-0.4, -0.2) is 8.42 Å². The van der Waals surface area contributed by atoms with Crippen LogP contribution in [0.4, 0.5) is 8.78 Å². The van der Waals surface area contributed by atoms with Gasteiger partial charge in [0.25, 0.3) is 0 Å². The molecule has 0 bridgehead atoms. The van der Waals surface area contributed by atoms with Crippen LogP contribution < -0.4 is 0 Å². The molecule has 0 saturated carbocycles. The second-order valence-electron chi connectivity index (χ2n) is 4.47. The van der Waals surface area contributed by atoms with Crippen LogP contribution >= 0.6 is 34.2 Å². The zero-order valence-corrected chi connectivity index (χ0v) is 14.6. The molecule has 2 nitrogen and oxygen atoms in total. The molecule has 0 aliphatic carbocycles. The third-order valence-electron chi connectivity index (χ3n) is 2.99. The first-order valence-corrected chi connectivity index (χ1v) is 8.94. The van der Waals surface area contributed by atoms with Gasteiger partial charge < -0.3 is 0 Å². The van der Waals surface area contributed by atoms with Crippen LogP contribution in [0.3, 0.4) is 0 Å². The first kappa shape index (κ1) is 16.6. The smallest absolute Gasteiger partial charge is 0.183 e. The van der Waals surface area contributed by atoms with Crippen LogP contribution in [0.1, 0.15) is 11.1 Å². The lowest BCUT2D eigenvalue weighted by Gasteiger charge is -2.10. The molecule has 0 amide bonds. The van der Waals surface area contributed by atoms with Crippen LogP contribution in [0, 0.1) is 22.1 Å². The first-order chi connectivity index (χ1) is 9.72. The highest BCUT2D eigenvalue weighted by Crippen LogP contribution is 2.27. The molecule has 7 heteroatoms. The highest BCUT2D eigenvalue weighted by molar-refractivity contribution is 14.1. The van der Waals surface area contributed by atoms with E-state index in [1.54, 1.807) is 35.6 Å². The first-order valence-electron chi connectivity index (χ1n) is 5.83. The quantitative estimate of drug-likeness (QED) is 0.656. The van der Waals surface area contributed by atoms with Gasteiger partial charge in [0.2, 0.25) is 0 Å². The fourth-order valence-corrected chi connectivity index (χ4v) is 4.35. The van der Waals surface area contributed by atoms with Gasteiger partial charge in [0.15, 0.2) is 9.84 Å². The topological polar surface area (TPSA) is 34.1 Å². The van der Waals surface area contributed by atoms with Crippen LogP contribution in [0.5, 0.6) is 0 Å². The molecule has 2 aromatic carbocycles. The van der Waals surface area contributed by atoms with Gasteiger partial charge in [0.1, 0.15) is 11.6 Å². The molecule has 2 rings (SSSR count). The minimum absolute atomic E-state index is 0.0210. The normalized spacial score (nSPS) is 11.7. The number of rotatable bonds is 3. The van der Waals surface area contributed by atoms with Crippen molar-refractivity contribution in [2.45, 2.75) is 17.6 Å². The maximum absolute atomic E-state index is 13.8. The summed E-state index contributed by atoms with van der Waals surface area (Å²) >= 11 is 7.65. The Morgan fingerprint density at radius 3 is 2.33 bits per heavy atom. The monoisotopic (exact) mass is 442 g/mol. The number of hydrogen-bond acceptors (Lipinski definition) is 2. The fourth-order valence-electron chi connectivity index (χ4n) is 1.90. The van der Waals surface area contributed by atoms with E-state index in [0.717, 1.165) is 12.1 Å². The van der Waals surface area contributed by atoms with E-state index in [0.29, 0.717) is 14.2 Å². The zero-order valence-electron chi connectivity index (χ0n) is 10.8. The van der Waals surface area contributed by atoms with Crippen molar-refractivity contribution in [3.8, 4) is 0 Å². The summed E-state index contributed by atoms with van der Waals surface area (Å²) in [5, 5.41) is 0.291. The van der Waals surface area contributed by atoms with E-state index in [9.17, 15) is 17.2 Å². The predicted molar refractivity (Wildman–Crippen MR) is 86.2 cm³/mol. The van der Waals surface area contributed by atoms with Crippen molar-refractivity contribution in [1.29, 1.82) is 0 Å². The number of hydrogen-bond donors (Lipinski definition) is 0. The third kappa shape index (κ3) is 3.54. The predicted octanol–water partition coefficient (Wildman–Crippen LogP) is 4.51. The second kappa shape index (κ2) is 6.18. The van der Waals surface area contributed by atoms with E-state index in [-0.39, 0.29) is 4.90 Å². The van der Waals surface area contributed by atoms with Gasteiger partial charge in [-0.25, -0.2) is 17.2 Å². The molecule has 0 aliphatic rings. The summed E-state index contributed by atoms with van der Waals surface area (Å²) in [5.74, 6) is -2.49. The van der Waals surface area contributed by atoms with Gasteiger partial charge in [-0.3, -0.25) is 0 Å². The van der Waals surface area contributed by atoms with E-state index in [1.807, 2.05) is 0 Å². The maximum atomic E-state index is 13.8. The minimum Gasteiger partial charge on any atom is -0.223 e. The number of sulfone groups is 1. The van der Waals surface area contributed by atoms with Crippen LogP contribution in [0.25, 0.3) is 0 Å². The molecule has 0 unspecified atom stereocenters. The summed E-state index contributed by atoms with van der Waals surface area (Å²) < 4.78 is 52.7. The average Bonchev–Trinajstić information content (AvgIpc) is 2.37. The van der Waals surface area contributed by atoms with Crippen molar-refractivity contribution >= 4 is 44.0 Å². The Hall–Kier alpha value is -0.730. The Morgan fingerprint density at radius 1 is 1.19 bits per heavy atom. The largest absolute Gasteiger partial charge is 0.223 e. The third-order valence-corrected chi connectivity index (χ3v) is 5.81. The number of benzene rings is 2. The number of halogens is 4. The molecule has 2 aromatic rings. The molecule has 0 atom stereocenters. The second-order valence-corrected chi connectivity index (χ2v) is 8.08. The van der Waals surface area contributed by atoms with E-state index < -0.39 is 32.8 Å². The van der Waals surface area contributed by atoms with Gasteiger partial charge >= 0.3 is 0 Å². The van der Waals surface area contributed by atoms with Crippen molar-refractivity contribution in [2.75, 3.05) is 0 Å². The Balaban J connectivity index is 2.50. The molecule has 0 fully saturated rings. The van der Waals surface area contributed by atoms with Gasteiger partial charge in [-0.15, -0.1) is 0 Å². The van der Waals surface area contributed by atoms with Crippen molar-refractivity contribution in [3.05, 3.63) is 61.7 Å². The van der Waals surface area contributed by atoms with Crippen molar-refractivity contribution < 1.29 is 17.2 Å². The van der Waals surface area contributed by atoms with Crippen LogP contribution in [-0.2, 0) is 15.6 Å². The lowest BCUT2D eigenvalue weighted by Crippen LogP contribution is -2.10. The molecule has 0 heterocycles. The van der Waals surface area contributed by atoms with Gasteiger partial charge in [-0.2, -0.15) is 0 Å². The molecule has 0 N–H and O–H groups in total. The highest BCUT2D eigenvalue weighted by Gasteiger charge is 2.23. The molecular formula is C14H10ClF2IO2S. The molecule has 112 valence electrons. The van der Waals surface area contributed by atoms with E-state index >= 15 is 0 Å². The zero-order chi connectivity index (χ0) is 15.8. The molecule has 21 heavy (non-hydrogen) atoms. The standard InChI is InChI=1S/C14H10ClF2IO2S/c1-8-11(15)3-2-4-14(8)21(19,20)7-10-12(16)5-9(18)6-13(10)17/h2-6H,7H2,1H3. The van der Waals surface area contributed by atoms with Gasteiger partial charge in [-0.1, -0.05) is 17.7 Å². The lowest BCUT2D eigenvalue weighted by atomic mass is 10.2. The minimum atomic E-state index is -3.89. The Morgan fingerprint density at radius 2 is 1.76 bits per heavy atom. The summed E-state index contributed by atoms with van der Waals surface area (Å²) in [6.07, 6.45) is 0. The van der Waals surface area contributed by atoms with E-state index in [2.05, 4.69) is 0 Å². The molecule has 0 aliphatic heterocycles. The maximum Gasteiger partial charge on any atom is 0.183 e. The Bertz CT molecular complexity index is 784. The van der Waals surface area contributed by atoms with Crippen molar-refractivity contribution in [3.63, 3.8) is 0 Å². The Labute approximate surface area is 140 Å². The van der Waals surface area contributed by atoms with Crippen LogP contribution in [0.2, 0.25) is 5.02 Å². The molecule has 0 spiro atoms. The van der Waals surface area contributed by atoms with Crippen molar-refractivity contribution in [1.82, 2.24) is 0 Å². The summed E-state index contributed by atoms with van der Waals surface area (Å²) in [6, 6.07) is 6.61. The summed E-state index contributed by atoms with van der Waals surface area (Å²) in [7, 11) is -3.89. The van der Waals surface area contributed by atoms with Gasteiger partial charge in [0, 0.05) is 14.2 Å². The highest BCUT2D eigenvalue weighted by atomic mass is 127. The summed E-state index contributed by atoms with van der Waals surface area (Å²) in [6.45, 7) is 1.55. The average molecular weight is 443 g/mol. The summed E-state index contributed by atoms with van der Waals surface area (Å²) in [5.41, 5.74) is -0.0970. The van der Waals surface area contributed by atoms with Crippen molar-refractivity contribution in [2.24, 2.45) is 0 Å². The molecule has 0 saturated heterocycles. The molecular weight excluding hydrogens is 433 g/mol. The molecule has 0 radical (unpaired) electrons. The van der Waals surface area contributed by atoms with Gasteiger partial charge in [-0.05, 0) is 59.3 Å². The lowest BCUT2D eigenvalue weighted by molar-refractivity contribution is 0.554. The Kier molecular flexibility index (Phi) is 4.89. The van der Waals surface area contributed by atoms with E-state index in [1.165, 1.54) is 12.1 Å². The van der Waals surface area contributed by atoms with Gasteiger partial charge in [0.05, 0.1) is 10.6 Å². The fraction of sp³-hybridized carbons (Fsp3) is 0.143. The molecule has 0 aromatic heterocycles.